The summed E-state index contributed by atoms with van der Waals surface area (Å²) in [7, 11) is -4.64. The van der Waals surface area contributed by atoms with Crippen LogP contribution in [0.15, 0.2) is 10.7 Å². The molecule has 52 valence electrons. The van der Waals surface area contributed by atoms with E-state index in [9.17, 15) is 8.42 Å². The largest absolute Gasteiger partial charge is 0.547 e. The van der Waals surface area contributed by atoms with Gasteiger partial charge in [-0.25, -0.2) is 0 Å². The van der Waals surface area contributed by atoms with Crippen LogP contribution in [0, 0.1) is 9.81 Å². The first-order valence-electron chi connectivity index (χ1n) is 1.40. The Bertz CT molecular complexity index is 173. The maximum absolute atomic E-state index is 9.80. The number of nitrogens with zero attached hydrogens (tertiary/aromatic N) is 2. The Kier molecular flexibility index (Phi) is 2.51. The summed E-state index contributed by atoms with van der Waals surface area (Å²) >= 11 is 0. The molecule has 0 unspecified atom stereocenters. The van der Waals surface area contributed by atoms with Gasteiger partial charge in [-0.1, -0.05) is 0 Å². The normalized spacial score (nSPS) is 9.78. The molecule has 0 aliphatic rings. The van der Waals surface area contributed by atoms with Crippen LogP contribution in [0.25, 0.3) is 0 Å². The van der Waals surface area contributed by atoms with Crippen LogP contribution in [0.4, 0.5) is 0 Å². The molecule has 0 saturated carbocycles. The molecule has 0 aromatic carbocycles. The second kappa shape index (κ2) is 2.91. The molecule has 9 heteroatoms. The van der Waals surface area contributed by atoms with Crippen molar-refractivity contribution in [2.75, 3.05) is 0 Å². The maximum Gasteiger partial charge on any atom is 0.547 e. The first-order valence-corrected chi connectivity index (χ1v) is 2.73. The third kappa shape index (κ3) is 3.34. The Morgan fingerprint density at radius 2 is 1.33 bits per heavy atom. The van der Waals surface area contributed by atoms with Gasteiger partial charge < -0.3 is 0 Å². The smallest absolute Gasteiger partial charge is 0.199 e. The molecule has 0 bridgehead atoms. The lowest BCUT2D eigenvalue weighted by Gasteiger charge is -1.86. The van der Waals surface area contributed by atoms with Crippen LogP contribution in [0.2, 0.25) is 0 Å². The summed E-state index contributed by atoms with van der Waals surface area (Å²) in [6, 6.07) is 0. The zero-order valence-corrected chi connectivity index (χ0v) is 4.57. The standard InChI is InChI=1S/N2O6S/c3-1-7-9(5,6)8-2-4. The quantitative estimate of drug-likeness (QED) is 0.405. The van der Waals surface area contributed by atoms with E-state index in [2.05, 4.69) is 8.57 Å². The lowest BCUT2D eigenvalue weighted by atomic mass is 13.4. The SMILES string of the molecule is O=NOS(=O)(=O)ON=O. The summed E-state index contributed by atoms with van der Waals surface area (Å²) in [5.41, 5.74) is 0. The van der Waals surface area contributed by atoms with Gasteiger partial charge in [-0.3, -0.25) is 0 Å². The monoisotopic (exact) mass is 156 g/mol. The summed E-state index contributed by atoms with van der Waals surface area (Å²) in [5, 5.41) is 2.93. The molecule has 8 nitrogen and oxygen atoms in total. The van der Waals surface area contributed by atoms with Crippen molar-refractivity contribution in [2.24, 2.45) is 10.7 Å². The molecule has 0 radical (unpaired) electrons. The maximum atomic E-state index is 9.80. The Morgan fingerprint density at radius 1 is 1.00 bits per heavy atom. The highest BCUT2D eigenvalue weighted by Crippen LogP contribution is 1.94. The van der Waals surface area contributed by atoms with Gasteiger partial charge in [-0.05, 0) is 0 Å². The van der Waals surface area contributed by atoms with E-state index in [1.54, 1.807) is 0 Å². The van der Waals surface area contributed by atoms with Crippen molar-refractivity contribution in [1.29, 1.82) is 0 Å². The van der Waals surface area contributed by atoms with Crippen molar-refractivity contribution < 1.29 is 17.0 Å². The molecular weight excluding hydrogens is 156 g/mol. The van der Waals surface area contributed by atoms with Gasteiger partial charge in [0.2, 0.25) is 0 Å². The molecule has 0 heterocycles. The summed E-state index contributed by atoms with van der Waals surface area (Å²) in [5.74, 6) is 0. The van der Waals surface area contributed by atoms with Gasteiger partial charge in [0.15, 0.2) is 10.7 Å². The third-order valence-corrected chi connectivity index (χ3v) is 0.730. The lowest BCUT2D eigenvalue weighted by Crippen LogP contribution is -2.00. The van der Waals surface area contributed by atoms with Crippen LogP contribution in [0.5, 0.6) is 0 Å². The van der Waals surface area contributed by atoms with Gasteiger partial charge in [-0.2, -0.15) is 8.57 Å². The fraction of sp³-hybridized carbons (Fsp3) is 0. The van der Waals surface area contributed by atoms with Gasteiger partial charge in [0.05, 0.1) is 0 Å². The van der Waals surface area contributed by atoms with E-state index in [1.807, 2.05) is 0 Å². The van der Waals surface area contributed by atoms with Crippen LogP contribution in [0.1, 0.15) is 0 Å². The minimum atomic E-state index is -4.64. The van der Waals surface area contributed by atoms with Crippen molar-refractivity contribution in [3.8, 4) is 0 Å². The van der Waals surface area contributed by atoms with Crippen LogP contribution in [-0.2, 0) is 19.0 Å². The molecule has 0 aromatic heterocycles. The molecule has 0 aliphatic heterocycles. The minimum absolute atomic E-state index is 1.46. The first kappa shape index (κ1) is 7.75. The Labute approximate surface area is 48.9 Å². The van der Waals surface area contributed by atoms with E-state index in [4.69, 9.17) is 9.81 Å². The van der Waals surface area contributed by atoms with Crippen molar-refractivity contribution in [3.63, 3.8) is 0 Å². The van der Waals surface area contributed by atoms with E-state index in [0.717, 1.165) is 0 Å². The molecule has 0 amide bonds. The molecule has 0 aromatic rings. The first-order chi connectivity index (χ1) is 4.12. The van der Waals surface area contributed by atoms with Crippen LogP contribution in [-0.4, -0.2) is 8.42 Å². The zero-order chi connectivity index (χ0) is 7.33. The number of hydrogen-bond donors (Lipinski definition) is 0. The van der Waals surface area contributed by atoms with Gasteiger partial charge in [0.1, 0.15) is 0 Å². The zero-order valence-electron chi connectivity index (χ0n) is 3.75. The molecular formula is N2O6S. The highest BCUT2D eigenvalue weighted by atomic mass is 32.3. The van der Waals surface area contributed by atoms with Crippen LogP contribution in [0.3, 0.4) is 0 Å². The number of rotatable bonds is 4. The number of hydrogen-bond acceptors (Lipinski definition) is 8. The second-order valence-electron chi connectivity index (χ2n) is 0.706. The predicted octanol–water partition coefficient (Wildman–Crippen LogP) is -0.373. The van der Waals surface area contributed by atoms with E-state index in [-0.39, 0.29) is 0 Å². The van der Waals surface area contributed by atoms with Crippen LogP contribution < -0.4 is 0 Å². The molecule has 0 rings (SSSR count). The summed E-state index contributed by atoms with van der Waals surface area (Å²) < 4.78 is 25.6. The third-order valence-electron chi connectivity index (χ3n) is 0.243. The summed E-state index contributed by atoms with van der Waals surface area (Å²) in [6.45, 7) is 0. The lowest BCUT2D eigenvalue weighted by molar-refractivity contribution is 0.224. The average Bonchev–Trinajstić information content (AvgIpc) is 1.64. The van der Waals surface area contributed by atoms with Crippen molar-refractivity contribution in [2.45, 2.75) is 0 Å². The molecule has 0 aliphatic carbocycles. The Balaban J connectivity index is 4.03. The summed E-state index contributed by atoms with van der Waals surface area (Å²) in [4.78, 5) is 18.0. The van der Waals surface area contributed by atoms with Gasteiger partial charge in [-0.15, -0.1) is 18.2 Å². The molecule has 9 heavy (non-hydrogen) atoms. The average molecular weight is 156 g/mol. The molecule has 0 saturated heterocycles. The Morgan fingerprint density at radius 3 is 1.56 bits per heavy atom. The van der Waals surface area contributed by atoms with E-state index < -0.39 is 10.4 Å². The van der Waals surface area contributed by atoms with Crippen molar-refractivity contribution in [3.05, 3.63) is 9.81 Å². The van der Waals surface area contributed by atoms with Gasteiger partial charge in [0, 0.05) is 0 Å². The second-order valence-corrected chi connectivity index (χ2v) is 1.82. The van der Waals surface area contributed by atoms with E-state index in [1.165, 1.54) is 10.7 Å². The van der Waals surface area contributed by atoms with Crippen molar-refractivity contribution in [1.82, 2.24) is 0 Å². The highest BCUT2D eigenvalue weighted by molar-refractivity contribution is 7.81. The van der Waals surface area contributed by atoms with Crippen molar-refractivity contribution >= 4 is 10.4 Å². The molecule has 0 atom stereocenters. The fourth-order valence-corrected chi connectivity index (χ4v) is 0.264. The predicted molar refractivity (Wildman–Crippen MR) is 22.7 cm³/mol. The minimum Gasteiger partial charge on any atom is -0.199 e. The van der Waals surface area contributed by atoms with Crippen LogP contribution >= 0.6 is 0 Å². The highest BCUT2D eigenvalue weighted by Gasteiger charge is 2.13. The summed E-state index contributed by atoms with van der Waals surface area (Å²) in [6.07, 6.45) is 0. The van der Waals surface area contributed by atoms with E-state index >= 15 is 0 Å². The molecule has 0 fully saturated rings. The van der Waals surface area contributed by atoms with Gasteiger partial charge >= 0.3 is 10.4 Å². The Hall–Kier alpha value is -1.25. The fourth-order valence-electron chi connectivity index (χ4n) is 0.0881. The molecule has 0 N–H and O–H groups in total. The topological polar surface area (TPSA) is 111 Å². The van der Waals surface area contributed by atoms with E-state index in [0.29, 0.717) is 0 Å². The van der Waals surface area contributed by atoms with Gasteiger partial charge in [0.25, 0.3) is 0 Å². The molecule has 0 spiro atoms.